The molecule has 2 heterocycles. The SMILES string of the molecule is COCc1c(C(=O)NC(c2ccccc2)c2nccn2C)sc2cccc(F)c12. The van der Waals surface area contributed by atoms with Crippen molar-refractivity contribution in [1.82, 2.24) is 14.9 Å². The van der Waals surface area contributed by atoms with Crippen molar-refractivity contribution < 1.29 is 13.9 Å². The molecule has 4 aromatic rings. The molecule has 1 amide bonds. The Bertz CT molecular complexity index is 1150. The summed E-state index contributed by atoms with van der Waals surface area (Å²) in [5.74, 6) is 0.0770. The molecule has 2 aromatic carbocycles. The number of aromatic nitrogens is 2. The monoisotopic (exact) mass is 409 g/mol. The molecule has 2 aromatic heterocycles. The van der Waals surface area contributed by atoms with Gasteiger partial charge in [-0.15, -0.1) is 11.3 Å². The number of rotatable bonds is 6. The standard InChI is InChI=1S/C22H20FN3O2S/c1-26-12-11-24-21(26)19(14-7-4-3-5-8-14)25-22(27)20-15(13-28-2)18-16(23)9-6-10-17(18)29-20/h3-12,19H,13H2,1-2H3,(H,25,27). The van der Waals surface area contributed by atoms with E-state index in [1.807, 2.05) is 54.2 Å². The van der Waals surface area contributed by atoms with Gasteiger partial charge in [0.05, 0.1) is 11.5 Å². The normalized spacial score (nSPS) is 12.2. The molecule has 0 bridgehead atoms. The molecular formula is C22H20FN3O2S. The minimum atomic E-state index is -0.436. The maximum absolute atomic E-state index is 14.5. The Morgan fingerprint density at radius 3 is 2.72 bits per heavy atom. The maximum atomic E-state index is 14.5. The highest BCUT2D eigenvalue weighted by Gasteiger charge is 2.25. The Kier molecular flexibility index (Phi) is 5.42. The van der Waals surface area contributed by atoms with E-state index in [9.17, 15) is 9.18 Å². The Balaban J connectivity index is 1.76. The molecule has 5 nitrogen and oxygen atoms in total. The van der Waals surface area contributed by atoms with Crippen LogP contribution in [0.1, 0.15) is 32.7 Å². The number of hydrogen-bond donors (Lipinski definition) is 1. The minimum absolute atomic E-state index is 0.155. The van der Waals surface area contributed by atoms with Crippen LogP contribution in [-0.4, -0.2) is 22.6 Å². The third-order valence-electron chi connectivity index (χ3n) is 4.78. The van der Waals surface area contributed by atoms with Crippen LogP contribution in [0.3, 0.4) is 0 Å². The number of amides is 1. The zero-order valence-corrected chi connectivity index (χ0v) is 16.9. The highest BCUT2D eigenvalue weighted by molar-refractivity contribution is 7.21. The predicted octanol–water partition coefficient (Wildman–Crippen LogP) is 4.44. The molecule has 0 aliphatic rings. The number of nitrogens with zero attached hydrogens (tertiary/aromatic N) is 2. The summed E-state index contributed by atoms with van der Waals surface area (Å²) in [6.07, 6.45) is 3.53. The number of thiophene rings is 1. The summed E-state index contributed by atoms with van der Waals surface area (Å²) in [6, 6.07) is 14.1. The van der Waals surface area contributed by atoms with Gasteiger partial charge >= 0.3 is 0 Å². The predicted molar refractivity (Wildman–Crippen MR) is 111 cm³/mol. The van der Waals surface area contributed by atoms with Crippen molar-refractivity contribution in [3.63, 3.8) is 0 Å². The van der Waals surface area contributed by atoms with Gasteiger partial charge in [0.1, 0.15) is 17.7 Å². The lowest BCUT2D eigenvalue weighted by Crippen LogP contribution is -2.31. The van der Waals surface area contributed by atoms with Crippen LogP contribution >= 0.6 is 11.3 Å². The molecule has 0 spiro atoms. The van der Waals surface area contributed by atoms with Crippen LogP contribution in [0, 0.1) is 5.82 Å². The summed E-state index contributed by atoms with van der Waals surface area (Å²) in [6.45, 7) is 0.155. The lowest BCUT2D eigenvalue weighted by molar-refractivity contribution is 0.0941. The van der Waals surface area contributed by atoms with Crippen molar-refractivity contribution in [2.75, 3.05) is 7.11 Å². The Labute approximate surface area is 171 Å². The van der Waals surface area contributed by atoms with E-state index in [1.165, 1.54) is 24.5 Å². The summed E-state index contributed by atoms with van der Waals surface area (Å²) in [5.41, 5.74) is 1.48. The van der Waals surface area contributed by atoms with E-state index in [2.05, 4.69) is 10.3 Å². The lowest BCUT2D eigenvalue weighted by Gasteiger charge is -2.19. The molecule has 1 N–H and O–H groups in total. The number of nitrogens with one attached hydrogen (secondary N) is 1. The average Bonchev–Trinajstić information content (AvgIpc) is 3.31. The molecular weight excluding hydrogens is 389 g/mol. The van der Waals surface area contributed by atoms with Crippen molar-refractivity contribution in [2.24, 2.45) is 7.05 Å². The molecule has 148 valence electrons. The van der Waals surface area contributed by atoms with Gasteiger partial charge in [0, 0.05) is 42.2 Å². The van der Waals surface area contributed by atoms with Crippen LogP contribution in [0.2, 0.25) is 0 Å². The molecule has 0 saturated carbocycles. The van der Waals surface area contributed by atoms with Crippen LogP contribution < -0.4 is 5.32 Å². The van der Waals surface area contributed by atoms with E-state index in [0.717, 1.165) is 10.3 Å². The van der Waals surface area contributed by atoms with Gasteiger partial charge in [-0.2, -0.15) is 0 Å². The van der Waals surface area contributed by atoms with Gasteiger partial charge < -0.3 is 14.6 Å². The molecule has 0 aliphatic carbocycles. The van der Waals surface area contributed by atoms with Gasteiger partial charge in [-0.25, -0.2) is 9.37 Å². The summed E-state index contributed by atoms with van der Waals surface area (Å²) in [4.78, 5) is 18.2. The summed E-state index contributed by atoms with van der Waals surface area (Å²) in [5, 5.41) is 3.52. The summed E-state index contributed by atoms with van der Waals surface area (Å²) >= 11 is 1.27. The Morgan fingerprint density at radius 2 is 2.03 bits per heavy atom. The van der Waals surface area contributed by atoms with Crippen molar-refractivity contribution in [3.05, 3.63) is 88.6 Å². The smallest absolute Gasteiger partial charge is 0.262 e. The summed E-state index contributed by atoms with van der Waals surface area (Å²) in [7, 11) is 3.42. The first-order valence-electron chi connectivity index (χ1n) is 9.12. The number of hydrogen-bond acceptors (Lipinski definition) is 4. The van der Waals surface area contributed by atoms with E-state index in [4.69, 9.17) is 4.74 Å². The van der Waals surface area contributed by atoms with Crippen molar-refractivity contribution in [1.29, 1.82) is 0 Å². The van der Waals surface area contributed by atoms with Gasteiger partial charge in [-0.3, -0.25) is 4.79 Å². The van der Waals surface area contributed by atoms with Gasteiger partial charge in [0.2, 0.25) is 0 Å². The fourth-order valence-corrected chi connectivity index (χ4v) is 4.55. The van der Waals surface area contributed by atoms with E-state index >= 15 is 0 Å². The van der Waals surface area contributed by atoms with Crippen molar-refractivity contribution in [3.8, 4) is 0 Å². The van der Waals surface area contributed by atoms with Crippen LogP contribution in [0.15, 0.2) is 60.9 Å². The number of halogens is 1. The first kappa shape index (κ1) is 19.3. The number of benzene rings is 2. The van der Waals surface area contributed by atoms with Crippen LogP contribution in [0.4, 0.5) is 4.39 Å². The topological polar surface area (TPSA) is 56.1 Å². The number of fused-ring (bicyclic) bond motifs is 1. The van der Waals surface area contributed by atoms with Gasteiger partial charge in [0.25, 0.3) is 5.91 Å². The maximum Gasteiger partial charge on any atom is 0.262 e. The first-order valence-corrected chi connectivity index (χ1v) is 9.93. The second-order valence-electron chi connectivity index (χ2n) is 6.67. The van der Waals surface area contributed by atoms with Crippen LogP contribution in [0.25, 0.3) is 10.1 Å². The van der Waals surface area contributed by atoms with Crippen LogP contribution in [0.5, 0.6) is 0 Å². The zero-order chi connectivity index (χ0) is 20.4. The van der Waals surface area contributed by atoms with E-state index in [-0.39, 0.29) is 18.3 Å². The molecule has 1 unspecified atom stereocenters. The van der Waals surface area contributed by atoms with E-state index in [0.29, 0.717) is 21.7 Å². The molecule has 4 rings (SSSR count). The second kappa shape index (κ2) is 8.14. The van der Waals surface area contributed by atoms with Crippen molar-refractivity contribution >= 4 is 27.3 Å². The number of imidazole rings is 1. The molecule has 1 atom stereocenters. The molecule has 0 radical (unpaired) electrons. The molecule has 0 aliphatic heterocycles. The largest absolute Gasteiger partial charge is 0.380 e. The number of ether oxygens (including phenoxy) is 1. The number of carbonyl (C=O) groups excluding carboxylic acids is 1. The molecule has 7 heteroatoms. The second-order valence-corrected chi connectivity index (χ2v) is 7.72. The number of aryl methyl sites for hydroxylation is 1. The van der Waals surface area contributed by atoms with Gasteiger partial charge in [-0.1, -0.05) is 36.4 Å². The zero-order valence-electron chi connectivity index (χ0n) is 16.1. The van der Waals surface area contributed by atoms with Gasteiger partial charge in [-0.05, 0) is 17.7 Å². The molecule has 29 heavy (non-hydrogen) atoms. The van der Waals surface area contributed by atoms with Crippen LogP contribution in [-0.2, 0) is 18.4 Å². The number of methoxy groups -OCH3 is 1. The molecule has 0 saturated heterocycles. The van der Waals surface area contributed by atoms with Crippen molar-refractivity contribution in [2.45, 2.75) is 12.6 Å². The highest BCUT2D eigenvalue weighted by atomic mass is 32.1. The van der Waals surface area contributed by atoms with E-state index in [1.54, 1.807) is 12.3 Å². The first-order chi connectivity index (χ1) is 14.1. The third kappa shape index (κ3) is 3.66. The number of carbonyl (C=O) groups is 1. The summed E-state index contributed by atoms with van der Waals surface area (Å²) < 4.78 is 22.3. The fraction of sp³-hybridized carbons (Fsp3) is 0.182. The quantitative estimate of drug-likeness (QED) is 0.512. The fourth-order valence-electron chi connectivity index (χ4n) is 3.43. The molecule has 0 fully saturated rings. The Morgan fingerprint density at radius 1 is 1.24 bits per heavy atom. The highest BCUT2D eigenvalue weighted by Crippen LogP contribution is 2.34. The Hall–Kier alpha value is -3.03. The van der Waals surface area contributed by atoms with E-state index < -0.39 is 6.04 Å². The lowest BCUT2D eigenvalue weighted by atomic mass is 10.1. The average molecular weight is 409 g/mol. The minimum Gasteiger partial charge on any atom is -0.380 e. The third-order valence-corrected chi connectivity index (χ3v) is 5.98. The van der Waals surface area contributed by atoms with Gasteiger partial charge in [0.15, 0.2) is 0 Å².